The smallest absolute Gasteiger partial charge is 0.272 e. The van der Waals surface area contributed by atoms with Gasteiger partial charge in [-0.05, 0) is 42.3 Å². The largest absolute Gasteiger partial charge is 0.497 e. The number of aromatic amines is 1. The average molecular weight is 294 g/mol. The monoisotopic (exact) mass is 294 g/mol. The number of hydrogen-bond donors (Lipinski definition) is 2. The van der Waals surface area contributed by atoms with E-state index >= 15 is 0 Å². The molecule has 0 atom stereocenters. The number of carbonyl (C=O) groups excluding carboxylic acids is 1. The number of fused-ring (bicyclic) bond motifs is 1. The van der Waals surface area contributed by atoms with E-state index in [2.05, 4.69) is 17.2 Å². The van der Waals surface area contributed by atoms with E-state index in [0.29, 0.717) is 5.69 Å². The molecule has 0 aliphatic heterocycles. The number of aryl methyl sites for hydroxylation is 1. The van der Waals surface area contributed by atoms with Crippen molar-refractivity contribution in [3.63, 3.8) is 0 Å². The molecule has 0 aliphatic rings. The van der Waals surface area contributed by atoms with Crippen LogP contribution in [-0.4, -0.2) is 18.0 Å². The van der Waals surface area contributed by atoms with Crippen molar-refractivity contribution in [3.05, 3.63) is 59.8 Å². The molecule has 0 fully saturated rings. The molecule has 0 bridgehead atoms. The molecule has 0 saturated carbocycles. The van der Waals surface area contributed by atoms with Crippen molar-refractivity contribution in [3.8, 4) is 5.75 Å². The van der Waals surface area contributed by atoms with Gasteiger partial charge in [-0.1, -0.05) is 25.1 Å². The third-order valence-corrected chi connectivity index (χ3v) is 3.72. The van der Waals surface area contributed by atoms with Gasteiger partial charge in [0.1, 0.15) is 11.4 Å². The summed E-state index contributed by atoms with van der Waals surface area (Å²) in [5.41, 5.74) is 3.42. The Kier molecular flexibility index (Phi) is 3.83. The Balaban J connectivity index is 1.88. The quantitative estimate of drug-likeness (QED) is 0.764. The van der Waals surface area contributed by atoms with Crippen LogP contribution in [0, 0.1) is 0 Å². The van der Waals surface area contributed by atoms with Crippen molar-refractivity contribution in [2.45, 2.75) is 13.3 Å². The Hall–Kier alpha value is -2.75. The lowest BCUT2D eigenvalue weighted by Gasteiger charge is -2.08. The fraction of sp³-hybridized carbons (Fsp3) is 0.167. The third-order valence-electron chi connectivity index (χ3n) is 3.72. The lowest BCUT2D eigenvalue weighted by Crippen LogP contribution is -2.13. The molecule has 1 heterocycles. The fourth-order valence-electron chi connectivity index (χ4n) is 2.50. The Bertz CT molecular complexity index is 821. The van der Waals surface area contributed by atoms with Crippen molar-refractivity contribution in [2.75, 3.05) is 12.4 Å². The Morgan fingerprint density at radius 3 is 2.77 bits per heavy atom. The number of aromatic nitrogens is 1. The van der Waals surface area contributed by atoms with Gasteiger partial charge in [0, 0.05) is 16.6 Å². The van der Waals surface area contributed by atoms with Gasteiger partial charge in [0.15, 0.2) is 0 Å². The predicted molar refractivity (Wildman–Crippen MR) is 88.6 cm³/mol. The van der Waals surface area contributed by atoms with Gasteiger partial charge < -0.3 is 15.0 Å². The number of para-hydroxylation sites is 1. The SMILES string of the molecule is CCc1ccccc1NC(=O)c1cc2cc(OC)ccc2[nH]1. The lowest BCUT2D eigenvalue weighted by atomic mass is 10.1. The number of rotatable bonds is 4. The van der Waals surface area contributed by atoms with E-state index in [1.165, 1.54) is 0 Å². The topological polar surface area (TPSA) is 54.1 Å². The maximum absolute atomic E-state index is 12.4. The van der Waals surface area contributed by atoms with Crippen LogP contribution in [0.3, 0.4) is 0 Å². The molecule has 0 saturated heterocycles. The van der Waals surface area contributed by atoms with Crippen LogP contribution in [0.1, 0.15) is 23.0 Å². The van der Waals surface area contributed by atoms with E-state index in [9.17, 15) is 4.79 Å². The third kappa shape index (κ3) is 2.68. The maximum Gasteiger partial charge on any atom is 0.272 e. The highest BCUT2D eigenvalue weighted by atomic mass is 16.5. The van der Waals surface area contributed by atoms with Gasteiger partial charge in [0.25, 0.3) is 5.91 Å². The zero-order valence-corrected chi connectivity index (χ0v) is 12.6. The van der Waals surface area contributed by atoms with Gasteiger partial charge >= 0.3 is 0 Å². The average Bonchev–Trinajstić information content (AvgIpc) is 2.98. The van der Waals surface area contributed by atoms with Crippen LogP contribution < -0.4 is 10.1 Å². The molecule has 3 rings (SSSR count). The zero-order chi connectivity index (χ0) is 15.5. The fourth-order valence-corrected chi connectivity index (χ4v) is 2.50. The summed E-state index contributed by atoms with van der Waals surface area (Å²) < 4.78 is 5.20. The number of ether oxygens (including phenoxy) is 1. The predicted octanol–water partition coefficient (Wildman–Crippen LogP) is 3.99. The van der Waals surface area contributed by atoms with Gasteiger partial charge in [0.2, 0.25) is 0 Å². The number of H-pyrrole nitrogens is 1. The van der Waals surface area contributed by atoms with Gasteiger partial charge in [-0.15, -0.1) is 0 Å². The molecule has 4 nitrogen and oxygen atoms in total. The number of hydrogen-bond acceptors (Lipinski definition) is 2. The molecule has 0 radical (unpaired) electrons. The summed E-state index contributed by atoms with van der Waals surface area (Å²) in [4.78, 5) is 15.6. The van der Waals surface area contributed by atoms with Crippen molar-refractivity contribution in [1.82, 2.24) is 4.98 Å². The minimum Gasteiger partial charge on any atom is -0.497 e. The first-order valence-electron chi connectivity index (χ1n) is 7.27. The lowest BCUT2D eigenvalue weighted by molar-refractivity contribution is 0.102. The number of anilines is 1. The maximum atomic E-state index is 12.4. The summed E-state index contributed by atoms with van der Waals surface area (Å²) in [6.45, 7) is 2.07. The van der Waals surface area contributed by atoms with Gasteiger partial charge in [-0.25, -0.2) is 0 Å². The molecule has 0 spiro atoms. The van der Waals surface area contributed by atoms with Crippen LogP contribution in [0.4, 0.5) is 5.69 Å². The molecular formula is C18H18N2O2. The first kappa shape index (κ1) is 14.2. The number of benzene rings is 2. The first-order valence-corrected chi connectivity index (χ1v) is 7.27. The Morgan fingerprint density at radius 1 is 1.18 bits per heavy atom. The standard InChI is InChI=1S/C18H18N2O2/c1-3-12-6-4-5-7-15(12)20-18(21)17-11-13-10-14(22-2)8-9-16(13)19-17/h4-11,19H,3H2,1-2H3,(H,20,21). The minimum atomic E-state index is -0.143. The summed E-state index contributed by atoms with van der Waals surface area (Å²) in [5.74, 6) is 0.630. The number of nitrogens with one attached hydrogen (secondary N) is 2. The van der Waals surface area contributed by atoms with Gasteiger partial charge in [-0.3, -0.25) is 4.79 Å². The molecule has 4 heteroatoms. The highest BCUT2D eigenvalue weighted by Crippen LogP contribution is 2.22. The highest BCUT2D eigenvalue weighted by Gasteiger charge is 2.11. The highest BCUT2D eigenvalue weighted by molar-refractivity contribution is 6.06. The van der Waals surface area contributed by atoms with Crippen LogP contribution in [0.15, 0.2) is 48.5 Å². The van der Waals surface area contributed by atoms with Crippen molar-refractivity contribution in [1.29, 1.82) is 0 Å². The molecule has 112 valence electrons. The second-order valence-corrected chi connectivity index (χ2v) is 5.10. The second kappa shape index (κ2) is 5.93. The van der Waals surface area contributed by atoms with Crippen molar-refractivity contribution >= 4 is 22.5 Å². The van der Waals surface area contributed by atoms with Crippen LogP contribution in [-0.2, 0) is 6.42 Å². The molecular weight excluding hydrogens is 276 g/mol. The number of methoxy groups -OCH3 is 1. The number of carbonyl (C=O) groups is 1. The molecule has 2 N–H and O–H groups in total. The summed E-state index contributed by atoms with van der Waals surface area (Å²) in [5, 5.41) is 3.92. The first-order chi connectivity index (χ1) is 10.7. The molecule has 3 aromatic rings. The Morgan fingerprint density at radius 2 is 2.00 bits per heavy atom. The molecule has 2 aromatic carbocycles. The molecule has 0 unspecified atom stereocenters. The van der Waals surface area contributed by atoms with Gasteiger partial charge in [0.05, 0.1) is 7.11 Å². The normalized spacial score (nSPS) is 10.6. The van der Waals surface area contributed by atoms with Crippen LogP contribution in [0.2, 0.25) is 0 Å². The van der Waals surface area contributed by atoms with E-state index in [4.69, 9.17) is 4.74 Å². The summed E-state index contributed by atoms with van der Waals surface area (Å²) >= 11 is 0. The molecule has 1 aromatic heterocycles. The van der Waals surface area contributed by atoms with E-state index in [0.717, 1.165) is 34.3 Å². The van der Waals surface area contributed by atoms with Gasteiger partial charge in [-0.2, -0.15) is 0 Å². The van der Waals surface area contributed by atoms with Crippen LogP contribution in [0.25, 0.3) is 10.9 Å². The zero-order valence-electron chi connectivity index (χ0n) is 12.6. The van der Waals surface area contributed by atoms with Crippen LogP contribution >= 0.6 is 0 Å². The number of amides is 1. The summed E-state index contributed by atoms with van der Waals surface area (Å²) in [6.07, 6.45) is 0.875. The van der Waals surface area contributed by atoms with E-state index in [1.54, 1.807) is 7.11 Å². The Labute approximate surface area is 129 Å². The summed E-state index contributed by atoms with van der Waals surface area (Å²) in [6, 6.07) is 15.4. The summed E-state index contributed by atoms with van der Waals surface area (Å²) in [7, 11) is 1.63. The second-order valence-electron chi connectivity index (χ2n) is 5.10. The van der Waals surface area contributed by atoms with E-state index < -0.39 is 0 Å². The van der Waals surface area contributed by atoms with Crippen molar-refractivity contribution < 1.29 is 9.53 Å². The van der Waals surface area contributed by atoms with Crippen LogP contribution in [0.5, 0.6) is 5.75 Å². The minimum absolute atomic E-state index is 0.143. The molecule has 22 heavy (non-hydrogen) atoms. The van der Waals surface area contributed by atoms with Crippen molar-refractivity contribution in [2.24, 2.45) is 0 Å². The van der Waals surface area contributed by atoms with E-state index in [1.807, 2.05) is 48.5 Å². The van der Waals surface area contributed by atoms with E-state index in [-0.39, 0.29) is 5.91 Å². The molecule has 1 amide bonds. The molecule has 0 aliphatic carbocycles.